The van der Waals surface area contributed by atoms with Crippen LogP contribution < -0.4 is 16.1 Å². The number of hydrogen-bond donors (Lipinski definition) is 4. The monoisotopic (exact) mass is 549 g/mol. The first-order valence-corrected chi connectivity index (χ1v) is 12.6. The minimum absolute atomic E-state index is 0.0154. The van der Waals surface area contributed by atoms with Crippen molar-refractivity contribution < 1.29 is 38.6 Å². The molecule has 3 rings (SSSR count). The second kappa shape index (κ2) is 13.8. The highest BCUT2D eigenvalue weighted by molar-refractivity contribution is 6.28. The summed E-state index contributed by atoms with van der Waals surface area (Å²) in [5.41, 5.74) is 11.7. The number of carbonyl (C=O) groups excluding carboxylic acids is 3. The van der Waals surface area contributed by atoms with E-state index in [1.807, 2.05) is 44.2 Å². The predicted molar refractivity (Wildman–Crippen MR) is 142 cm³/mol. The van der Waals surface area contributed by atoms with Crippen molar-refractivity contribution in [2.24, 2.45) is 5.92 Å². The summed E-state index contributed by atoms with van der Waals surface area (Å²) < 4.78 is 5.35. The van der Waals surface area contributed by atoms with Gasteiger partial charge in [0.15, 0.2) is 5.60 Å². The molecule has 1 heterocycles. The van der Waals surface area contributed by atoms with Crippen molar-refractivity contribution in [2.45, 2.75) is 51.0 Å². The lowest BCUT2D eigenvalue weighted by molar-refractivity contribution is -0.147. The Morgan fingerprint density at radius 3 is 2.25 bits per heavy atom. The van der Waals surface area contributed by atoms with E-state index in [4.69, 9.17) is 15.1 Å². The number of carbonyl (C=O) groups is 4. The Labute approximate surface area is 230 Å². The van der Waals surface area contributed by atoms with Crippen molar-refractivity contribution in [1.29, 1.82) is 0 Å². The number of ether oxygens (including phenoxy) is 1. The van der Waals surface area contributed by atoms with Crippen LogP contribution in [0.5, 0.6) is 0 Å². The molecule has 1 aliphatic rings. The molecule has 12 nitrogen and oxygen atoms in total. The van der Waals surface area contributed by atoms with Crippen molar-refractivity contribution in [3.63, 3.8) is 0 Å². The first kappa shape index (κ1) is 29.8. The number of nitrogens with zero attached hydrogens (tertiary/aromatic N) is 2. The quantitative estimate of drug-likeness (QED) is 0.167. The summed E-state index contributed by atoms with van der Waals surface area (Å²) in [5.74, 6) is -3.23. The fourth-order valence-corrected chi connectivity index (χ4v) is 4.11. The van der Waals surface area contributed by atoms with Crippen molar-refractivity contribution >= 4 is 30.0 Å². The molecule has 0 fully saturated rings. The molecule has 0 aromatic heterocycles. The van der Waals surface area contributed by atoms with E-state index >= 15 is 0 Å². The SMILES string of the molecule is CC(C)[C@H](NC(=O)OCc1ccccc1)C1=CC(Cc2ccccc2)(C(=O)N[C@@H](CC(=O)O)C(=O)C=[N+]=[N-])ON1. The first-order valence-electron chi connectivity index (χ1n) is 12.6. The van der Waals surface area contributed by atoms with Gasteiger partial charge in [-0.1, -0.05) is 74.5 Å². The lowest BCUT2D eigenvalue weighted by Crippen LogP contribution is -2.54. The molecule has 0 saturated carbocycles. The summed E-state index contributed by atoms with van der Waals surface area (Å²) in [5, 5.41) is 14.4. The second-order valence-corrected chi connectivity index (χ2v) is 9.55. The Morgan fingerprint density at radius 2 is 1.68 bits per heavy atom. The zero-order valence-electron chi connectivity index (χ0n) is 22.1. The van der Waals surface area contributed by atoms with Gasteiger partial charge in [0.1, 0.15) is 12.6 Å². The average Bonchev–Trinajstić information content (AvgIpc) is 3.35. The summed E-state index contributed by atoms with van der Waals surface area (Å²) in [6.45, 7) is 3.78. The highest BCUT2D eigenvalue weighted by Gasteiger charge is 2.46. The van der Waals surface area contributed by atoms with Crippen molar-refractivity contribution in [1.82, 2.24) is 16.1 Å². The van der Waals surface area contributed by atoms with Crippen molar-refractivity contribution in [2.75, 3.05) is 0 Å². The lowest BCUT2D eigenvalue weighted by atomic mass is 9.90. The number of Topliss-reactive ketones (excluding diaryl/α,β-unsaturated/α-hetero) is 1. The summed E-state index contributed by atoms with van der Waals surface area (Å²) in [6.07, 6.45) is 0.616. The summed E-state index contributed by atoms with van der Waals surface area (Å²) in [7, 11) is 0. The van der Waals surface area contributed by atoms with Crippen LogP contribution in [0.3, 0.4) is 0 Å². The standard InChI is InChI=1S/C28H31N5O7/c1-18(2)25(32-27(38)39-17-20-11-7-4-8-12-20)22-15-28(40-33-22,14-19-9-5-3-6-10-19)26(37)31-21(13-24(35)36)23(34)16-30-29/h3-12,15-16,18,21,25,33H,13-14,17H2,1-2H3,(H,31,37)(H,32,38)(H,35,36)/t21-,25-,28?/m0/s1. The van der Waals surface area contributed by atoms with Gasteiger partial charge in [0, 0.05) is 6.42 Å². The number of benzene rings is 2. The normalized spacial score (nSPS) is 17.4. The Balaban J connectivity index is 1.87. The van der Waals surface area contributed by atoms with Gasteiger partial charge in [-0.3, -0.25) is 24.7 Å². The summed E-state index contributed by atoms with van der Waals surface area (Å²) in [6, 6.07) is 15.9. The Kier molecular flexibility index (Phi) is 10.3. The molecule has 0 spiro atoms. The average molecular weight is 550 g/mol. The molecule has 2 aromatic carbocycles. The van der Waals surface area contributed by atoms with E-state index in [1.165, 1.54) is 6.08 Å². The molecule has 0 saturated heterocycles. The van der Waals surface area contributed by atoms with Crippen molar-refractivity contribution in [3.8, 4) is 0 Å². The van der Waals surface area contributed by atoms with Crippen LogP contribution in [-0.2, 0) is 37.0 Å². The van der Waals surface area contributed by atoms with Crippen LogP contribution in [0.15, 0.2) is 72.4 Å². The fraction of sp³-hybridized carbons (Fsp3) is 0.321. The van der Waals surface area contributed by atoms with E-state index in [9.17, 15) is 24.3 Å². The van der Waals surface area contributed by atoms with E-state index in [1.54, 1.807) is 30.3 Å². The molecule has 1 aliphatic heterocycles. The molecule has 40 heavy (non-hydrogen) atoms. The van der Waals surface area contributed by atoms with Gasteiger partial charge in [-0.25, -0.2) is 4.79 Å². The van der Waals surface area contributed by atoms with E-state index in [-0.39, 0.29) is 18.9 Å². The number of ketones is 1. The number of rotatable bonds is 13. The van der Waals surface area contributed by atoms with E-state index < -0.39 is 47.9 Å². The van der Waals surface area contributed by atoms with Gasteiger partial charge in [0.2, 0.25) is 0 Å². The van der Waals surface area contributed by atoms with Gasteiger partial charge < -0.3 is 26.0 Å². The number of carboxylic acid groups (broad SMARTS) is 1. The Morgan fingerprint density at radius 1 is 1.05 bits per heavy atom. The highest BCUT2D eigenvalue weighted by Crippen LogP contribution is 2.29. The largest absolute Gasteiger partial charge is 0.481 e. The van der Waals surface area contributed by atoms with Crippen LogP contribution >= 0.6 is 0 Å². The summed E-state index contributed by atoms with van der Waals surface area (Å²) >= 11 is 0. The van der Waals surface area contributed by atoms with Gasteiger partial charge in [-0.2, -0.15) is 4.79 Å². The maximum absolute atomic E-state index is 13.6. The Hall–Kier alpha value is -4.80. The molecular weight excluding hydrogens is 518 g/mol. The first-order chi connectivity index (χ1) is 19.1. The van der Waals surface area contributed by atoms with Crippen LogP contribution in [-0.4, -0.2) is 57.5 Å². The van der Waals surface area contributed by atoms with E-state index in [2.05, 4.69) is 20.9 Å². The van der Waals surface area contributed by atoms with Gasteiger partial charge in [0.25, 0.3) is 11.7 Å². The maximum atomic E-state index is 13.6. The zero-order valence-corrected chi connectivity index (χ0v) is 22.1. The molecule has 0 aliphatic carbocycles. The molecule has 1 unspecified atom stereocenters. The highest BCUT2D eigenvalue weighted by atomic mass is 16.7. The lowest BCUT2D eigenvalue weighted by Gasteiger charge is -2.26. The van der Waals surface area contributed by atoms with Crippen LogP contribution in [0.25, 0.3) is 5.53 Å². The molecule has 210 valence electrons. The molecule has 12 heteroatoms. The molecule has 3 atom stereocenters. The van der Waals surface area contributed by atoms with Crippen LogP contribution in [0.1, 0.15) is 31.4 Å². The molecule has 4 N–H and O–H groups in total. The number of aliphatic carboxylic acids is 1. The van der Waals surface area contributed by atoms with Gasteiger partial charge >= 0.3 is 18.3 Å². The number of alkyl carbamates (subject to hydrolysis) is 1. The summed E-state index contributed by atoms with van der Waals surface area (Å²) in [4.78, 5) is 58.3. The minimum Gasteiger partial charge on any atom is -0.481 e. The van der Waals surface area contributed by atoms with Crippen molar-refractivity contribution in [3.05, 3.63) is 89.1 Å². The smallest absolute Gasteiger partial charge is 0.408 e. The number of amides is 2. The second-order valence-electron chi connectivity index (χ2n) is 9.55. The number of carboxylic acids is 1. The Bertz CT molecular complexity index is 1290. The number of hydrogen-bond acceptors (Lipinski definition) is 7. The predicted octanol–water partition coefficient (Wildman–Crippen LogP) is 2.17. The third-order valence-corrected chi connectivity index (χ3v) is 6.13. The van der Waals surface area contributed by atoms with Gasteiger partial charge in [-0.05, 0) is 23.1 Å². The van der Waals surface area contributed by atoms with Crippen LogP contribution in [0.2, 0.25) is 0 Å². The molecule has 2 amide bonds. The van der Waals surface area contributed by atoms with Crippen LogP contribution in [0, 0.1) is 5.92 Å². The molecule has 0 bridgehead atoms. The molecular formula is C28H31N5O7. The number of nitrogens with one attached hydrogen (secondary N) is 3. The third-order valence-electron chi connectivity index (χ3n) is 6.13. The van der Waals surface area contributed by atoms with Crippen LogP contribution in [0.4, 0.5) is 4.79 Å². The minimum atomic E-state index is -1.72. The molecule has 0 radical (unpaired) electrons. The van der Waals surface area contributed by atoms with Gasteiger partial charge in [-0.15, -0.1) is 0 Å². The topological polar surface area (TPSA) is 179 Å². The van der Waals surface area contributed by atoms with E-state index in [0.717, 1.165) is 5.56 Å². The van der Waals surface area contributed by atoms with E-state index in [0.29, 0.717) is 17.5 Å². The fourth-order valence-electron chi connectivity index (χ4n) is 4.11. The van der Waals surface area contributed by atoms with Gasteiger partial charge in [0.05, 0.1) is 18.2 Å². The zero-order chi connectivity index (χ0) is 29.1. The molecule has 2 aromatic rings. The third kappa shape index (κ3) is 8.10. The number of hydroxylamine groups is 1. The maximum Gasteiger partial charge on any atom is 0.408 e.